The standard InChI is InChI=1S/C16H19N3O2/c1-11-9-19(10-12(2)21-11)16(20)18-15-7-3-6-14-13(15)5-4-8-17-14/h3-8,11-12H,9-10H2,1-2H3,(H,18,20)/t11-,12+. The molecule has 2 heterocycles. The minimum atomic E-state index is -0.0895. The van der Waals surface area contributed by atoms with Crippen molar-refractivity contribution in [3.63, 3.8) is 0 Å². The Morgan fingerprint density at radius 1 is 1.24 bits per heavy atom. The molecule has 3 rings (SSSR count). The molecule has 1 fully saturated rings. The second-order valence-corrected chi connectivity index (χ2v) is 5.47. The summed E-state index contributed by atoms with van der Waals surface area (Å²) in [6.45, 7) is 5.19. The first-order chi connectivity index (χ1) is 10.1. The molecule has 0 saturated carbocycles. The molecule has 1 aromatic carbocycles. The molecule has 5 nitrogen and oxygen atoms in total. The van der Waals surface area contributed by atoms with Gasteiger partial charge in [-0.3, -0.25) is 4.98 Å². The summed E-state index contributed by atoms with van der Waals surface area (Å²) in [7, 11) is 0. The van der Waals surface area contributed by atoms with Gasteiger partial charge in [0.25, 0.3) is 0 Å². The van der Waals surface area contributed by atoms with E-state index in [-0.39, 0.29) is 18.2 Å². The monoisotopic (exact) mass is 285 g/mol. The van der Waals surface area contributed by atoms with Crippen LogP contribution < -0.4 is 5.32 Å². The molecule has 2 atom stereocenters. The first-order valence-corrected chi connectivity index (χ1v) is 7.18. The lowest BCUT2D eigenvalue weighted by molar-refractivity contribution is -0.0530. The average Bonchev–Trinajstić information content (AvgIpc) is 2.46. The Bertz CT molecular complexity index is 644. The summed E-state index contributed by atoms with van der Waals surface area (Å²) >= 11 is 0. The van der Waals surface area contributed by atoms with Crippen LogP contribution in [0.5, 0.6) is 0 Å². The van der Waals surface area contributed by atoms with Gasteiger partial charge < -0.3 is 15.0 Å². The summed E-state index contributed by atoms with van der Waals surface area (Å²) < 4.78 is 5.66. The van der Waals surface area contributed by atoms with Crippen LogP contribution in [0.4, 0.5) is 10.5 Å². The van der Waals surface area contributed by atoms with E-state index in [1.54, 1.807) is 11.1 Å². The molecule has 2 amide bonds. The smallest absolute Gasteiger partial charge is 0.322 e. The van der Waals surface area contributed by atoms with Gasteiger partial charge in [0.15, 0.2) is 0 Å². The summed E-state index contributed by atoms with van der Waals surface area (Å²) in [6.07, 6.45) is 1.88. The SMILES string of the molecule is C[C@@H]1CN(C(=O)Nc2cccc3ncccc23)C[C@H](C)O1. The first kappa shape index (κ1) is 13.8. The molecule has 1 aliphatic rings. The molecule has 1 N–H and O–H groups in total. The lowest BCUT2D eigenvalue weighted by atomic mass is 10.2. The Labute approximate surface area is 123 Å². The van der Waals surface area contributed by atoms with Gasteiger partial charge >= 0.3 is 6.03 Å². The number of nitrogens with one attached hydrogen (secondary N) is 1. The van der Waals surface area contributed by atoms with Crippen LogP contribution in [-0.4, -0.2) is 41.2 Å². The van der Waals surface area contributed by atoms with Crippen LogP contribution in [0.2, 0.25) is 0 Å². The van der Waals surface area contributed by atoms with E-state index in [1.165, 1.54) is 0 Å². The number of hydrogen-bond acceptors (Lipinski definition) is 3. The maximum absolute atomic E-state index is 12.4. The van der Waals surface area contributed by atoms with E-state index in [0.717, 1.165) is 16.6 Å². The Morgan fingerprint density at radius 2 is 2.00 bits per heavy atom. The maximum Gasteiger partial charge on any atom is 0.322 e. The zero-order valence-corrected chi connectivity index (χ0v) is 12.2. The van der Waals surface area contributed by atoms with Gasteiger partial charge in [-0.1, -0.05) is 6.07 Å². The Morgan fingerprint density at radius 3 is 2.76 bits per heavy atom. The van der Waals surface area contributed by atoms with E-state index in [9.17, 15) is 4.79 Å². The summed E-state index contributed by atoms with van der Waals surface area (Å²) in [6, 6.07) is 9.47. The first-order valence-electron chi connectivity index (χ1n) is 7.18. The molecule has 0 bridgehead atoms. The Kier molecular flexibility index (Phi) is 3.75. The van der Waals surface area contributed by atoms with E-state index in [4.69, 9.17) is 4.74 Å². The van der Waals surface area contributed by atoms with Gasteiger partial charge in [-0.05, 0) is 38.1 Å². The van der Waals surface area contributed by atoms with Crippen LogP contribution in [0.15, 0.2) is 36.5 Å². The molecular weight excluding hydrogens is 266 g/mol. The van der Waals surface area contributed by atoms with Gasteiger partial charge in [-0.2, -0.15) is 0 Å². The van der Waals surface area contributed by atoms with E-state index in [2.05, 4.69) is 10.3 Å². The van der Waals surface area contributed by atoms with Crippen LogP contribution in [0.1, 0.15) is 13.8 Å². The van der Waals surface area contributed by atoms with Crippen molar-refractivity contribution in [2.24, 2.45) is 0 Å². The Hall–Kier alpha value is -2.14. The molecule has 1 aromatic heterocycles. The zero-order chi connectivity index (χ0) is 14.8. The van der Waals surface area contributed by atoms with E-state index in [1.807, 2.05) is 44.2 Å². The van der Waals surface area contributed by atoms with Crippen molar-refractivity contribution in [1.82, 2.24) is 9.88 Å². The number of amides is 2. The highest BCUT2D eigenvalue weighted by Crippen LogP contribution is 2.22. The largest absolute Gasteiger partial charge is 0.372 e. The molecule has 2 aromatic rings. The summed E-state index contributed by atoms with van der Waals surface area (Å²) in [5.41, 5.74) is 1.66. The highest BCUT2D eigenvalue weighted by Gasteiger charge is 2.26. The predicted octanol–water partition coefficient (Wildman–Crippen LogP) is 2.88. The lowest BCUT2D eigenvalue weighted by Crippen LogP contribution is -2.49. The van der Waals surface area contributed by atoms with Crippen LogP contribution >= 0.6 is 0 Å². The van der Waals surface area contributed by atoms with Gasteiger partial charge in [0, 0.05) is 24.7 Å². The summed E-state index contributed by atoms with van der Waals surface area (Å²) in [4.78, 5) is 18.5. The zero-order valence-electron chi connectivity index (χ0n) is 12.2. The van der Waals surface area contributed by atoms with Crippen molar-refractivity contribution in [3.05, 3.63) is 36.5 Å². The molecule has 0 spiro atoms. The fourth-order valence-electron chi connectivity index (χ4n) is 2.75. The van der Waals surface area contributed by atoms with Gasteiger partial charge in [-0.25, -0.2) is 4.79 Å². The van der Waals surface area contributed by atoms with Crippen molar-refractivity contribution in [1.29, 1.82) is 0 Å². The van der Waals surface area contributed by atoms with Crippen molar-refractivity contribution in [2.45, 2.75) is 26.1 Å². The number of rotatable bonds is 1. The van der Waals surface area contributed by atoms with Crippen molar-refractivity contribution >= 4 is 22.6 Å². The molecule has 1 aliphatic heterocycles. The number of nitrogens with zero attached hydrogens (tertiary/aromatic N) is 2. The lowest BCUT2D eigenvalue weighted by Gasteiger charge is -2.35. The number of morpholine rings is 1. The van der Waals surface area contributed by atoms with E-state index < -0.39 is 0 Å². The van der Waals surface area contributed by atoms with Gasteiger partial charge in [0.1, 0.15) is 0 Å². The van der Waals surface area contributed by atoms with Crippen LogP contribution in [0.25, 0.3) is 10.9 Å². The van der Waals surface area contributed by atoms with Gasteiger partial charge in [-0.15, -0.1) is 0 Å². The fourth-order valence-corrected chi connectivity index (χ4v) is 2.75. The summed E-state index contributed by atoms with van der Waals surface area (Å²) in [5.74, 6) is 0. The van der Waals surface area contributed by atoms with E-state index >= 15 is 0 Å². The molecule has 0 unspecified atom stereocenters. The highest BCUT2D eigenvalue weighted by atomic mass is 16.5. The summed E-state index contributed by atoms with van der Waals surface area (Å²) in [5, 5.41) is 3.93. The van der Waals surface area contributed by atoms with Gasteiger partial charge in [0.05, 0.1) is 23.4 Å². The molecule has 21 heavy (non-hydrogen) atoms. The number of pyridine rings is 1. The second kappa shape index (κ2) is 5.69. The molecule has 5 heteroatoms. The van der Waals surface area contributed by atoms with Crippen molar-refractivity contribution < 1.29 is 9.53 Å². The van der Waals surface area contributed by atoms with Crippen molar-refractivity contribution in [2.75, 3.05) is 18.4 Å². The van der Waals surface area contributed by atoms with Crippen LogP contribution in [-0.2, 0) is 4.74 Å². The topological polar surface area (TPSA) is 54.5 Å². The number of aromatic nitrogens is 1. The predicted molar refractivity (Wildman–Crippen MR) is 82.3 cm³/mol. The minimum absolute atomic E-state index is 0.0636. The molecule has 1 saturated heterocycles. The average molecular weight is 285 g/mol. The number of ether oxygens (including phenoxy) is 1. The maximum atomic E-state index is 12.4. The molecule has 110 valence electrons. The highest BCUT2D eigenvalue weighted by molar-refractivity contribution is 6.00. The number of hydrogen-bond donors (Lipinski definition) is 1. The number of carbonyl (C=O) groups excluding carboxylic acids is 1. The number of fused-ring (bicyclic) bond motifs is 1. The number of anilines is 1. The second-order valence-electron chi connectivity index (χ2n) is 5.47. The Balaban J connectivity index is 1.80. The molecule has 0 radical (unpaired) electrons. The fraction of sp³-hybridized carbons (Fsp3) is 0.375. The third-order valence-electron chi connectivity index (χ3n) is 3.59. The third-order valence-corrected chi connectivity index (χ3v) is 3.59. The quantitative estimate of drug-likeness (QED) is 0.876. The van der Waals surface area contributed by atoms with E-state index in [0.29, 0.717) is 13.1 Å². The number of urea groups is 1. The molecule has 0 aliphatic carbocycles. The van der Waals surface area contributed by atoms with Crippen LogP contribution in [0, 0.1) is 0 Å². The van der Waals surface area contributed by atoms with Crippen molar-refractivity contribution in [3.8, 4) is 0 Å². The number of carbonyl (C=O) groups is 1. The van der Waals surface area contributed by atoms with Crippen LogP contribution in [0.3, 0.4) is 0 Å². The molecular formula is C16H19N3O2. The number of benzene rings is 1. The third kappa shape index (κ3) is 2.97. The minimum Gasteiger partial charge on any atom is -0.372 e. The normalized spacial score (nSPS) is 22.3. The van der Waals surface area contributed by atoms with Gasteiger partial charge in [0.2, 0.25) is 0 Å².